The zero-order valence-electron chi connectivity index (χ0n) is 10.6. The van der Waals surface area contributed by atoms with Gasteiger partial charge in [0.15, 0.2) is 5.82 Å². The van der Waals surface area contributed by atoms with Crippen LogP contribution < -0.4 is 5.32 Å². The van der Waals surface area contributed by atoms with Gasteiger partial charge in [0.25, 0.3) is 0 Å². The number of halogens is 1. The highest BCUT2D eigenvalue weighted by atomic mass is 35.5. The molecule has 0 saturated heterocycles. The summed E-state index contributed by atoms with van der Waals surface area (Å²) in [6.45, 7) is 4.05. The van der Waals surface area contributed by atoms with E-state index in [2.05, 4.69) is 27.2 Å². The lowest BCUT2D eigenvalue weighted by molar-refractivity contribution is 0.641. The van der Waals surface area contributed by atoms with Gasteiger partial charge >= 0.3 is 0 Å². The Morgan fingerprint density at radius 3 is 2.56 bits per heavy atom. The van der Waals surface area contributed by atoms with Gasteiger partial charge in [0, 0.05) is 29.7 Å². The maximum absolute atomic E-state index is 5.80. The van der Waals surface area contributed by atoms with Gasteiger partial charge in [-0.2, -0.15) is 0 Å². The van der Waals surface area contributed by atoms with Crippen molar-refractivity contribution >= 4 is 11.6 Å². The summed E-state index contributed by atoms with van der Waals surface area (Å²) in [7, 11) is 1.92. The van der Waals surface area contributed by atoms with E-state index in [-0.39, 0.29) is 6.04 Å². The monoisotopic (exact) mass is 262 g/mol. The average Bonchev–Trinajstić information content (AvgIpc) is 2.38. The van der Waals surface area contributed by atoms with Gasteiger partial charge in [0.05, 0.1) is 5.02 Å². The van der Waals surface area contributed by atoms with Crippen molar-refractivity contribution in [2.24, 2.45) is 0 Å². The number of pyridine rings is 1. The Hall–Kier alpha value is -1.52. The van der Waals surface area contributed by atoms with Gasteiger partial charge < -0.3 is 5.32 Å². The highest BCUT2D eigenvalue weighted by Gasteiger charge is 2.10. The van der Waals surface area contributed by atoms with Crippen LogP contribution in [0.2, 0.25) is 5.02 Å². The summed E-state index contributed by atoms with van der Waals surface area (Å²) in [4.78, 5) is 13.0. The number of hydrogen-bond donors (Lipinski definition) is 1. The Bertz CT molecular complexity index is 539. The molecule has 1 unspecified atom stereocenters. The smallest absolute Gasteiger partial charge is 0.178 e. The first-order chi connectivity index (χ1) is 8.61. The Morgan fingerprint density at radius 1 is 1.22 bits per heavy atom. The van der Waals surface area contributed by atoms with E-state index in [9.17, 15) is 0 Å². The van der Waals surface area contributed by atoms with Crippen LogP contribution in [-0.4, -0.2) is 22.0 Å². The van der Waals surface area contributed by atoms with Gasteiger partial charge in [-0.1, -0.05) is 11.6 Å². The molecule has 0 spiro atoms. The molecule has 18 heavy (non-hydrogen) atoms. The number of nitrogens with zero attached hydrogens (tertiary/aromatic N) is 3. The van der Waals surface area contributed by atoms with Gasteiger partial charge in [-0.3, -0.25) is 4.98 Å². The molecule has 1 atom stereocenters. The second-order valence-corrected chi connectivity index (χ2v) is 4.54. The third-order valence-electron chi connectivity index (χ3n) is 2.87. The average molecular weight is 263 g/mol. The van der Waals surface area contributed by atoms with Gasteiger partial charge in [-0.25, -0.2) is 9.97 Å². The first-order valence-electron chi connectivity index (χ1n) is 5.74. The minimum atomic E-state index is 0.234. The summed E-state index contributed by atoms with van der Waals surface area (Å²) in [5, 5.41) is 3.78. The van der Waals surface area contributed by atoms with Crippen LogP contribution in [0.1, 0.15) is 24.2 Å². The lowest BCUT2D eigenvalue weighted by Crippen LogP contribution is -2.15. The Morgan fingerprint density at radius 2 is 2.00 bits per heavy atom. The van der Waals surface area contributed by atoms with Crippen LogP contribution in [0.5, 0.6) is 0 Å². The SMILES string of the molecule is CNC(C)c1cnc(-c2ccc(Cl)cn2)nc1C. The molecule has 0 radical (unpaired) electrons. The summed E-state index contributed by atoms with van der Waals surface area (Å²) < 4.78 is 0. The fraction of sp³-hybridized carbons (Fsp3) is 0.308. The highest BCUT2D eigenvalue weighted by molar-refractivity contribution is 6.30. The Balaban J connectivity index is 2.37. The summed E-state index contributed by atoms with van der Waals surface area (Å²) in [5.74, 6) is 0.621. The quantitative estimate of drug-likeness (QED) is 0.924. The van der Waals surface area contributed by atoms with Gasteiger partial charge in [-0.05, 0) is 33.0 Å². The number of aryl methyl sites for hydroxylation is 1. The molecule has 1 N–H and O–H groups in total. The third-order valence-corrected chi connectivity index (χ3v) is 3.10. The number of hydrogen-bond acceptors (Lipinski definition) is 4. The van der Waals surface area contributed by atoms with Crippen molar-refractivity contribution in [2.45, 2.75) is 19.9 Å². The molecule has 0 saturated carbocycles. The molecule has 0 fully saturated rings. The van der Waals surface area contributed by atoms with Crippen molar-refractivity contribution in [1.82, 2.24) is 20.3 Å². The van der Waals surface area contributed by atoms with E-state index in [1.54, 1.807) is 12.3 Å². The Labute approximate surface area is 111 Å². The molecule has 0 aliphatic carbocycles. The van der Waals surface area contributed by atoms with Crippen LogP contribution in [0.3, 0.4) is 0 Å². The number of aromatic nitrogens is 3. The van der Waals surface area contributed by atoms with Crippen molar-refractivity contribution in [3.05, 3.63) is 40.8 Å². The van der Waals surface area contributed by atoms with E-state index in [1.165, 1.54) is 0 Å². The van der Waals surface area contributed by atoms with Crippen molar-refractivity contribution in [2.75, 3.05) is 7.05 Å². The molecule has 2 aromatic rings. The molecule has 94 valence electrons. The first kappa shape index (κ1) is 12.9. The fourth-order valence-electron chi connectivity index (χ4n) is 1.69. The predicted molar refractivity (Wildman–Crippen MR) is 72.5 cm³/mol. The highest BCUT2D eigenvalue weighted by Crippen LogP contribution is 2.19. The van der Waals surface area contributed by atoms with Crippen LogP contribution in [0.25, 0.3) is 11.5 Å². The number of nitrogens with one attached hydrogen (secondary N) is 1. The zero-order chi connectivity index (χ0) is 13.1. The van der Waals surface area contributed by atoms with Crippen LogP contribution in [0.4, 0.5) is 0 Å². The molecule has 0 amide bonds. The summed E-state index contributed by atoms with van der Waals surface area (Å²) >= 11 is 5.80. The molecule has 0 aromatic carbocycles. The minimum absolute atomic E-state index is 0.234. The zero-order valence-corrected chi connectivity index (χ0v) is 11.4. The second kappa shape index (κ2) is 5.42. The fourth-order valence-corrected chi connectivity index (χ4v) is 1.80. The van der Waals surface area contributed by atoms with E-state index in [0.717, 1.165) is 17.0 Å². The summed E-state index contributed by atoms with van der Waals surface area (Å²) in [6.07, 6.45) is 3.44. The third kappa shape index (κ3) is 2.66. The first-order valence-corrected chi connectivity index (χ1v) is 6.12. The van der Waals surface area contributed by atoms with Gasteiger partial charge in [-0.15, -0.1) is 0 Å². The topological polar surface area (TPSA) is 50.7 Å². The molecule has 2 heterocycles. The molecule has 0 aliphatic rings. The van der Waals surface area contributed by atoms with Crippen molar-refractivity contribution in [3.63, 3.8) is 0 Å². The standard InChI is InChI=1S/C13H15ClN4/c1-8(15-3)11-7-17-13(18-9(11)2)12-5-4-10(14)6-16-12/h4-8,15H,1-3H3. The number of rotatable bonds is 3. The summed E-state index contributed by atoms with van der Waals surface area (Å²) in [6, 6.07) is 3.84. The largest absolute Gasteiger partial charge is 0.313 e. The van der Waals surface area contributed by atoms with E-state index in [0.29, 0.717) is 10.8 Å². The summed E-state index contributed by atoms with van der Waals surface area (Å²) in [5.41, 5.74) is 2.78. The molecular formula is C13H15ClN4. The molecular weight excluding hydrogens is 248 g/mol. The van der Waals surface area contributed by atoms with Crippen molar-refractivity contribution in [1.29, 1.82) is 0 Å². The lowest BCUT2D eigenvalue weighted by atomic mass is 10.1. The van der Waals surface area contributed by atoms with Crippen LogP contribution in [-0.2, 0) is 0 Å². The van der Waals surface area contributed by atoms with E-state index in [1.807, 2.05) is 26.2 Å². The molecule has 2 rings (SSSR count). The van der Waals surface area contributed by atoms with Gasteiger partial charge in [0.2, 0.25) is 0 Å². The second-order valence-electron chi connectivity index (χ2n) is 4.11. The minimum Gasteiger partial charge on any atom is -0.313 e. The van der Waals surface area contributed by atoms with E-state index in [4.69, 9.17) is 11.6 Å². The maximum atomic E-state index is 5.80. The van der Waals surface area contributed by atoms with Crippen LogP contribution >= 0.6 is 11.6 Å². The van der Waals surface area contributed by atoms with Crippen molar-refractivity contribution in [3.8, 4) is 11.5 Å². The lowest BCUT2D eigenvalue weighted by Gasteiger charge is -2.13. The van der Waals surface area contributed by atoms with Crippen LogP contribution in [0, 0.1) is 6.92 Å². The van der Waals surface area contributed by atoms with E-state index < -0.39 is 0 Å². The van der Waals surface area contributed by atoms with Crippen molar-refractivity contribution < 1.29 is 0 Å². The molecule has 0 bridgehead atoms. The Kier molecular flexibility index (Phi) is 3.89. The van der Waals surface area contributed by atoms with Crippen LogP contribution in [0.15, 0.2) is 24.5 Å². The normalized spacial score (nSPS) is 12.4. The molecule has 0 aliphatic heterocycles. The molecule has 5 heteroatoms. The van der Waals surface area contributed by atoms with Gasteiger partial charge in [0.1, 0.15) is 5.69 Å². The molecule has 2 aromatic heterocycles. The maximum Gasteiger partial charge on any atom is 0.178 e. The molecule has 4 nitrogen and oxygen atoms in total. The predicted octanol–water partition coefficient (Wildman–Crippen LogP) is 2.78. The van der Waals surface area contributed by atoms with E-state index >= 15 is 0 Å².